The van der Waals surface area contributed by atoms with Crippen LogP contribution in [0, 0.1) is 29.1 Å². The first-order chi connectivity index (χ1) is 19.2. The lowest BCUT2D eigenvalue weighted by Crippen LogP contribution is -2.21. The van der Waals surface area contributed by atoms with Gasteiger partial charge in [0.15, 0.2) is 23.3 Å². The number of carbonyl (C=O) groups excluding carboxylic acids is 1. The van der Waals surface area contributed by atoms with Crippen LogP contribution in [-0.2, 0) is 9.47 Å². The largest absolute Gasteiger partial charge is 0.458 e. The third-order valence-corrected chi connectivity index (χ3v) is 7.31. The van der Waals surface area contributed by atoms with Crippen LogP contribution in [0.15, 0.2) is 48.5 Å². The summed E-state index contributed by atoms with van der Waals surface area (Å²) in [4.78, 5) is 12.5. The minimum atomic E-state index is -1.37. The molecule has 0 spiro atoms. The fraction of sp³-hybridized carbons (Fsp3) is 0.323. The first-order valence-electron chi connectivity index (χ1n) is 13.1. The number of hydrogen-bond acceptors (Lipinski definition) is 4. The number of esters is 1. The molecule has 3 unspecified atom stereocenters. The maximum Gasteiger partial charge on any atom is 0.341 e. The Morgan fingerprint density at radius 1 is 1.00 bits per heavy atom. The van der Waals surface area contributed by atoms with Crippen molar-refractivity contribution < 1.29 is 41.3 Å². The number of aliphatic hydroxyl groups excluding tert-OH is 1. The maximum absolute atomic E-state index is 15.0. The average Bonchev–Trinajstić information content (AvgIpc) is 3.78. The smallest absolute Gasteiger partial charge is 0.341 e. The van der Waals surface area contributed by atoms with Gasteiger partial charge < -0.3 is 14.6 Å². The maximum atomic E-state index is 15.0. The number of ether oxygens (including phenoxy) is 2. The molecule has 40 heavy (non-hydrogen) atoms. The summed E-state index contributed by atoms with van der Waals surface area (Å²) in [5, 5.41) is 9.99. The Kier molecular flexibility index (Phi) is 8.05. The Bertz CT molecular complexity index is 1480. The summed E-state index contributed by atoms with van der Waals surface area (Å²) in [7, 11) is 0. The van der Waals surface area contributed by atoms with Gasteiger partial charge >= 0.3 is 5.97 Å². The number of aliphatic hydroxyl groups is 1. The van der Waals surface area contributed by atoms with Gasteiger partial charge in [0, 0.05) is 28.7 Å². The van der Waals surface area contributed by atoms with Crippen molar-refractivity contribution in [2.75, 3.05) is 6.61 Å². The van der Waals surface area contributed by atoms with E-state index in [4.69, 9.17) is 9.47 Å². The van der Waals surface area contributed by atoms with Crippen molar-refractivity contribution >= 4 is 11.5 Å². The van der Waals surface area contributed by atoms with Crippen molar-refractivity contribution in [1.29, 1.82) is 0 Å². The summed E-state index contributed by atoms with van der Waals surface area (Å²) >= 11 is 0. The molecule has 1 saturated heterocycles. The van der Waals surface area contributed by atoms with E-state index >= 15 is 4.39 Å². The SMILES string of the molecule is CCCC(O)c1ccc(C(=O)OC2CC=C(c3ccc(-c4ccc(C5CO5)c(F)c4F)c(F)c3)CC2)c(F)c1F. The van der Waals surface area contributed by atoms with Crippen LogP contribution in [0.1, 0.15) is 78.3 Å². The highest BCUT2D eigenvalue weighted by Gasteiger charge is 2.31. The summed E-state index contributed by atoms with van der Waals surface area (Å²) in [6.45, 7) is 2.12. The number of allylic oxidation sites excluding steroid dienone is 1. The summed E-state index contributed by atoms with van der Waals surface area (Å²) in [5.74, 6) is -6.56. The predicted molar refractivity (Wildman–Crippen MR) is 138 cm³/mol. The van der Waals surface area contributed by atoms with Crippen LogP contribution in [-0.4, -0.2) is 23.8 Å². The standard InChI is InChI=1S/C31H27F5O4/c1-2-3-25(37)21-11-13-23(30(36)28(21)34)31(38)40-18-7-4-16(5-8-18)17-6-9-19(24(32)14-17)20-10-12-22(26-15-39-26)29(35)27(20)33/h4,6,9-14,18,25-26,37H,2-3,5,7-8,15H2,1H3. The van der Waals surface area contributed by atoms with Crippen LogP contribution in [0.25, 0.3) is 16.7 Å². The Morgan fingerprint density at radius 3 is 2.40 bits per heavy atom. The molecule has 210 valence electrons. The molecule has 1 heterocycles. The van der Waals surface area contributed by atoms with Gasteiger partial charge in [0.1, 0.15) is 18.0 Å². The van der Waals surface area contributed by atoms with Crippen molar-refractivity contribution in [3.63, 3.8) is 0 Å². The van der Waals surface area contributed by atoms with Gasteiger partial charge in [-0.15, -0.1) is 0 Å². The first kappa shape index (κ1) is 28.0. The summed E-state index contributed by atoms with van der Waals surface area (Å²) in [5.41, 5.74) is 0.398. The van der Waals surface area contributed by atoms with Crippen LogP contribution in [0.3, 0.4) is 0 Å². The van der Waals surface area contributed by atoms with Gasteiger partial charge in [-0.1, -0.05) is 49.8 Å². The molecule has 1 aliphatic carbocycles. The molecule has 3 aromatic carbocycles. The Balaban J connectivity index is 1.26. The highest BCUT2D eigenvalue weighted by atomic mass is 19.2. The summed E-state index contributed by atoms with van der Waals surface area (Å²) in [6.07, 6.45) is 1.40. The zero-order valence-corrected chi connectivity index (χ0v) is 21.7. The van der Waals surface area contributed by atoms with Gasteiger partial charge in [-0.2, -0.15) is 0 Å². The van der Waals surface area contributed by atoms with Crippen molar-refractivity contribution in [2.24, 2.45) is 0 Å². The van der Waals surface area contributed by atoms with E-state index in [9.17, 15) is 27.5 Å². The van der Waals surface area contributed by atoms with E-state index in [0.29, 0.717) is 31.4 Å². The molecule has 4 nitrogen and oxygen atoms in total. The average molecular weight is 559 g/mol. The molecule has 5 rings (SSSR count). The number of halogens is 5. The molecule has 1 aliphatic heterocycles. The van der Waals surface area contributed by atoms with E-state index in [-0.39, 0.29) is 35.1 Å². The van der Waals surface area contributed by atoms with Crippen molar-refractivity contribution in [1.82, 2.24) is 0 Å². The molecule has 2 aliphatic rings. The molecular formula is C31H27F5O4. The summed E-state index contributed by atoms with van der Waals surface area (Å²) in [6, 6.07) is 9.26. The lowest BCUT2D eigenvalue weighted by Gasteiger charge is -2.23. The number of benzene rings is 3. The van der Waals surface area contributed by atoms with E-state index in [1.54, 1.807) is 19.1 Å². The number of carbonyl (C=O) groups is 1. The molecule has 3 atom stereocenters. The summed E-state index contributed by atoms with van der Waals surface area (Å²) < 4.78 is 83.5. The Morgan fingerprint density at radius 2 is 1.75 bits per heavy atom. The van der Waals surface area contributed by atoms with Crippen LogP contribution in [0.4, 0.5) is 22.0 Å². The Labute approximate surface area is 228 Å². The fourth-order valence-corrected chi connectivity index (χ4v) is 4.98. The number of epoxide rings is 1. The van der Waals surface area contributed by atoms with E-state index in [1.165, 1.54) is 30.3 Å². The highest BCUT2D eigenvalue weighted by Crippen LogP contribution is 2.37. The molecule has 0 radical (unpaired) electrons. The normalized spacial score (nSPS) is 19.2. The molecule has 0 saturated carbocycles. The molecule has 0 bridgehead atoms. The zero-order chi connectivity index (χ0) is 28.6. The lowest BCUT2D eigenvalue weighted by atomic mass is 9.90. The third kappa shape index (κ3) is 5.53. The van der Waals surface area contributed by atoms with E-state index in [0.717, 1.165) is 11.6 Å². The van der Waals surface area contributed by atoms with Crippen molar-refractivity contribution in [3.8, 4) is 11.1 Å². The van der Waals surface area contributed by atoms with Crippen LogP contribution >= 0.6 is 0 Å². The van der Waals surface area contributed by atoms with Crippen LogP contribution < -0.4 is 0 Å². The molecule has 1 N–H and O–H groups in total. The Hall–Kier alpha value is -3.56. The second kappa shape index (κ2) is 11.5. The monoisotopic (exact) mass is 558 g/mol. The first-order valence-corrected chi connectivity index (χ1v) is 13.1. The van der Waals surface area contributed by atoms with E-state index in [2.05, 4.69) is 0 Å². The molecule has 0 aromatic heterocycles. The zero-order valence-electron chi connectivity index (χ0n) is 21.7. The van der Waals surface area contributed by atoms with E-state index in [1.807, 2.05) is 0 Å². The van der Waals surface area contributed by atoms with Gasteiger partial charge in [0.05, 0.1) is 18.3 Å². The van der Waals surface area contributed by atoms with E-state index < -0.39 is 58.9 Å². The topological polar surface area (TPSA) is 59.1 Å². The quantitative estimate of drug-likeness (QED) is 0.175. The number of rotatable bonds is 8. The lowest BCUT2D eigenvalue weighted by molar-refractivity contribution is 0.0278. The van der Waals surface area contributed by atoms with Gasteiger partial charge in [0.25, 0.3) is 0 Å². The minimum absolute atomic E-state index is 0.0749. The van der Waals surface area contributed by atoms with Gasteiger partial charge in [-0.05, 0) is 42.5 Å². The van der Waals surface area contributed by atoms with Crippen LogP contribution in [0.2, 0.25) is 0 Å². The van der Waals surface area contributed by atoms with Gasteiger partial charge in [0.2, 0.25) is 0 Å². The molecule has 0 amide bonds. The van der Waals surface area contributed by atoms with Crippen molar-refractivity contribution in [3.05, 3.63) is 99.9 Å². The minimum Gasteiger partial charge on any atom is -0.458 e. The molecule has 9 heteroatoms. The van der Waals surface area contributed by atoms with Gasteiger partial charge in [-0.25, -0.2) is 26.7 Å². The van der Waals surface area contributed by atoms with Crippen molar-refractivity contribution in [2.45, 2.75) is 57.3 Å². The molecular weight excluding hydrogens is 531 g/mol. The second-order valence-corrected chi connectivity index (χ2v) is 10.0. The second-order valence-electron chi connectivity index (χ2n) is 10.0. The predicted octanol–water partition coefficient (Wildman–Crippen LogP) is 7.75. The number of hydrogen-bond donors (Lipinski definition) is 1. The fourth-order valence-electron chi connectivity index (χ4n) is 4.98. The third-order valence-electron chi connectivity index (χ3n) is 7.31. The van der Waals surface area contributed by atoms with Crippen LogP contribution in [0.5, 0.6) is 0 Å². The van der Waals surface area contributed by atoms with Gasteiger partial charge in [-0.3, -0.25) is 0 Å². The molecule has 3 aromatic rings. The molecule has 1 fully saturated rings. The highest BCUT2D eigenvalue weighted by molar-refractivity contribution is 5.90.